The van der Waals surface area contributed by atoms with Crippen LogP contribution in [0.2, 0.25) is 0 Å². The van der Waals surface area contributed by atoms with E-state index >= 15 is 0 Å². The first-order valence-corrected chi connectivity index (χ1v) is 13.1. The van der Waals surface area contributed by atoms with Crippen LogP contribution in [-0.2, 0) is 14.8 Å². The number of hydrogen-bond acceptors (Lipinski definition) is 6. The van der Waals surface area contributed by atoms with E-state index in [0.29, 0.717) is 16.3 Å². The predicted molar refractivity (Wildman–Crippen MR) is 129 cm³/mol. The lowest BCUT2D eigenvalue weighted by molar-refractivity contribution is 0.0729. The number of benzene rings is 2. The van der Waals surface area contributed by atoms with Crippen LogP contribution < -0.4 is 10.0 Å². The maximum absolute atomic E-state index is 12.8. The molecule has 1 saturated heterocycles. The quantitative estimate of drug-likeness (QED) is 0.515. The van der Waals surface area contributed by atoms with Crippen LogP contribution in [0.4, 0.5) is 16.2 Å². The van der Waals surface area contributed by atoms with Crippen molar-refractivity contribution in [1.29, 1.82) is 0 Å². The summed E-state index contributed by atoms with van der Waals surface area (Å²) in [4.78, 5) is 26.9. The molecule has 1 aromatic heterocycles. The number of fused-ring (bicyclic) bond motifs is 1. The Morgan fingerprint density at radius 2 is 1.70 bits per heavy atom. The molecular weight excluding hydrogens is 462 g/mol. The molecule has 2 aromatic carbocycles. The fourth-order valence-corrected chi connectivity index (χ4v) is 5.74. The second-order valence-electron chi connectivity index (χ2n) is 7.69. The van der Waals surface area contributed by atoms with Crippen LogP contribution in [0.3, 0.4) is 0 Å². The minimum absolute atomic E-state index is 0.0366. The summed E-state index contributed by atoms with van der Waals surface area (Å²) >= 11 is 1.42. The molecule has 33 heavy (non-hydrogen) atoms. The number of sulfonamides is 1. The summed E-state index contributed by atoms with van der Waals surface area (Å²) < 4.78 is 33.9. The average Bonchev–Trinajstić information content (AvgIpc) is 3.23. The molecule has 3 aromatic rings. The summed E-state index contributed by atoms with van der Waals surface area (Å²) in [6.07, 6.45) is 2.61. The fourth-order valence-electron chi connectivity index (χ4n) is 3.68. The molecule has 0 saturated carbocycles. The molecule has 1 aliphatic heterocycles. The van der Waals surface area contributed by atoms with Crippen molar-refractivity contribution in [2.24, 2.45) is 0 Å². The number of nitrogens with one attached hydrogen (secondary N) is 2. The minimum atomic E-state index is -3.83. The zero-order chi connectivity index (χ0) is 23.4. The van der Waals surface area contributed by atoms with Gasteiger partial charge in [-0.05, 0) is 80.1 Å². The van der Waals surface area contributed by atoms with Crippen LogP contribution in [0.1, 0.15) is 35.9 Å². The van der Waals surface area contributed by atoms with Gasteiger partial charge in [-0.3, -0.25) is 14.8 Å². The maximum atomic E-state index is 12.8. The van der Waals surface area contributed by atoms with Gasteiger partial charge in [0.25, 0.3) is 15.9 Å². The largest absolute Gasteiger partial charge is 0.450 e. The molecule has 8 nitrogen and oxygen atoms in total. The van der Waals surface area contributed by atoms with E-state index in [4.69, 9.17) is 4.74 Å². The molecular formula is C23H25N3O5S2. The van der Waals surface area contributed by atoms with Gasteiger partial charge in [0.1, 0.15) is 0 Å². The van der Waals surface area contributed by atoms with E-state index in [1.165, 1.54) is 35.6 Å². The van der Waals surface area contributed by atoms with Gasteiger partial charge in [0.05, 0.1) is 16.4 Å². The average molecular weight is 488 g/mol. The molecule has 2 N–H and O–H groups in total. The number of ether oxygens (including phenoxy) is 1. The van der Waals surface area contributed by atoms with Crippen molar-refractivity contribution < 1.29 is 22.7 Å². The number of rotatable bonds is 6. The molecule has 174 valence electrons. The first kappa shape index (κ1) is 23.1. The van der Waals surface area contributed by atoms with Gasteiger partial charge < -0.3 is 9.64 Å². The van der Waals surface area contributed by atoms with Crippen LogP contribution in [0.15, 0.2) is 53.4 Å². The molecule has 0 unspecified atom stereocenters. The van der Waals surface area contributed by atoms with E-state index < -0.39 is 16.1 Å². The second-order valence-corrected chi connectivity index (χ2v) is 10.5. The van der Waals surface area contributed by atoms with Gasteiger partial charge in [-0.1, -0.05) is 0 Å². The van der Waals surface area contributed by atoms with Crippen molar-refractivity contribution in [2.45, 2.75) is 31.1 Å². The molecule has 2 heterocycles. The number of anilines is 2. The summed E-state index contributed by atoms with van der Waals surface area (Å²) in [5.74, 6) is 0.0366. The van der Waals surface area contributed by atoms with Crippen LogP contribution >= 0.6 is 11.3 Å². The van der Waals surface area contributed by atoms with Crippen LogP contribution in [0.5, 0.6) is 0 Å². The summed E-state index contributed by atoms with van der Waals surface area (Å²) in [7, 11) is -3.83. The number of carbonyl (C=O) groups excluding carboxylic acids is 2. The third-order valence-electron chi connectivity index (χ3n) is 5.31. The lowest BCUT2D eigenvalue weighted by Gasteiger charge is -2.26. The fraction of sp³-hybridized carbons (Fsp3) is 0.304. The number of thiophene rings is 1. The van der Waals surface area contributed by atoms with Crippen molar-refractivity contribution in [1.82, 2.24) is 4.90 Å². The maximum Gasteiger partial charge on any atom is 0.411 e. The summed E-state index contributed by atoms with van der Waals surface area (Å²) in [5.41, 5.74) is 0.837. The van der Waals surface area contributed by atoms with E-state index in [2.05, 4.69) is 10.0 Å². The number of piperidine rings is 1. The van der Waals surface area contributed by atoms with E-state index in [9.17, 15) is 18.0 Å². The van der Waals surface area contributed by atoms with E-state index in [0.717, 1.165) is 42.4 Å². The van der Waals surface area contributed by atoms with Crippen molar-refractivity contribution >= 4 is 54.8 Å². The van der Waals surface area contributed by atoms with Crippen LogP contribution in [0, 0.1) is 0 Å². The number of amides is 2. The van der Waals surface area contributed by atoms with Gasteiger partial charge in [0.2, 0.25) is 0 Å². The highest BCUT2D eigenvalue weighted by Gasteiger charge is 2.21. The number of carbonyl (C=O) groups is 2. The molecule has 1 aliphatic rings. The third-order valence-corrected chi connectivity index (χ3v) is 7.81. The van der Waals surface area contributed by atoms with E-state index in [1.807, 2.05) is 17.0 Å². The second kappa shape index (κ2) is 9.80. The molecule has 2 amide bonds. The smallest absolute Gasteiger partial charge is 0.411 e. The Kier molecular flexibility index (Phi) is 6.85. The van der Waals surface area contributed by atoms with Crippen molar-refractivity contribution in [2.75, 3.05) is 29.7 Å². The van der Waals surface area contributed by atoms with Gasteiger partial charge in [-0.15, -0.1) is 11.3 Å². The highest BCUT2D eigenvalue weighted by atomic mass is 32.2. The highest BCUT2D eigenvalue weighted by molar-refractivity contribution is 7.92. The normalized spacial score (nSPS) is 14.2. The van der Waals surface area contributed by atoms with Gasteiger partial charge in [0, 0.05) is 29.2 Å². The van der Waals surface area contributed by atoms with Gasteiger partial charge >= 0.3 is 6.09 Å². The molecule has 0 bridgehead atoms. The molecule has 10 heteroatoms. The molecule has 1 fully saturated rings. The topological polar surface area (TPSA) is 105 Å². The minimum Gasteiger partial charge on any atom is -0.450 e. The van der Waals surface area contributed by atoms with Gasteiger partial charge in [-0.2, -0.15) is 0 Å². The lowest BCUT2D eigenvalue weighted by atomic mass is 10.1. The zero-order valence-corrected chi connectivity index (χ0v) is 19.8. The first-order chi connectivity index (χ1) is 15.9. The molecule has 4 rings (SSSR count). The monoisotopic (exact) mass is 487 g/mol. The van der Waals surface area contributed by atoms with Crippen LogP contribution in [0.25, 0.3) is 10.1 Å². The van der Waals surface area contributed by atoms with Crippen LogP contribution in [-0.4, -0.2) is 45.0 Å². The Hall–Kier alpha value is -3.11. The Morgan fingerprint density at radius 1 is 1.00 bits per heavy atom. The number of likely N-dealkylation sites (tertiary alicyclic amines) is 1. The Morgan fingerprint density at radius 3 is 2.39 bits per heavy atom. The molecule has 0 aliphatic carbocycles. The zero-order valence-electron chi connectivity index (χ0n) is 18.2. The highest BCUT2D eigenvalue weighted by Crippen LogP contribution is 2.30. The van der Waals surface area contributed by atoms with E-state index in [1.54, 1.807) is 19.1 Å². The third kappa shape index (κ3) is 5.45. The lowest BCUT2D eigenvalue weighted by Crippen LogP contribution is -2.35. The summed E-state index contributed by atoms with van der Waals surface area (Å²) in [6.45, 7) is 3.50. The molecule has 0 radical (unpaired) electrons. The first-order valence-electron chi connectivity index (χ1n) is 10.8. The predicted octanol–water partition coefficient (Wildman–Crippen LogP) is 4.90. The summed E-state index contributed by atoms with van der Waals surface area (Å²) in [6, 6.07) is 12.8. The number of hydrogen-bond donors (Lipinski definition) is 2. The number of nitrogens with zero attached hydrogens (tertiary/aromatic N) is 1. The molecule has 0 spiro atoms. The van der Waals surface area contributed by atoms with Crippen molar-refractivity contribution in [3.8, 4) is 0 Å². The molecule has 0 atom stereocenters. The van der Waals surface area contributed by atoms with Gasteiger partial charge in [0.15, 0.2) is 0 Å². The van der Waals surface area contributed by atoms with Gasteiger partial charge in [-0.25, -0.2) is 13.2 Å². The Bertz CT molecular complexity index is 1260. The van der Waals surface area contributed by atoms with E-state index in [-0.39, 0.29) is 17.4 Å². The summed E-state index contributed by atoms with van der Waals surface area (Å²) in [5, 5.41) is 3.33. The van der Waals surface area contributed by atoms with Crippen molar-refractivity contribution in [3.63, 3.8) is 0 Å². The van der Waals surface area contributed by atoms with Crippen molar-refractivity contribution in [3.05, 3.63) is 53.4 Å². The SMILES string of the molecule is CCOC(=O)Nc1ccc(S(=O)(=O)Nc2ccc3sc(C(=O)N4CCCCC4)cc3c2)cc1. The Labute approximate surface area is 196 Å². The standard InChI is InChI=1S/C23H25N3O5S2/c1-2-31-23(28)24-17-6-9-19(10-7-17)33(29,30)25-18-8-11-20-16(14-18)15-21(32-20)22(27)26-12-4-3-5-13-26/h6-11,14-15,25H,2-5,12-13H2,1H3,(H,24,28). The Balaban J connectivity index is 1.48.